The number of hydrogen-bond acceptors (Lipinski definition) is 6. The van der Waals surface area contributed by atoms with E-state index in [9.17, 15) is 9.90 Å². The number of aliphatic hydroxyl groups is 3. The maximum absolute atomic E-state index is 10.8. The fraction of sp³-hybridized carbons (Fsp3) is 0.500. The summed E-state index contributed by atoms with van der Waals surface area (Å²) < 4.78 is 4.25. The number of rotatable bonds is 2. The molecule has 0 amide bonds. The van der Waals surface area contributed by atoms with Gasteiger partial charge in [-0.2, -0.15) is 0 Å². The molecule has 0 radical (unpaired) electrons. The third-order valence-corrected chi connectivity index (χ3v) is 1.46. The number of aliphatic hydroxyl groups excluding tert-OH is 3. The topological polar surface area (TPSA) is 110 Å². The van der Waals surface area contributed by atoms with Gasteiger partial charge in [0.1, 0.15) is 12.2 Å². The first-order chi connectivity index (χ1) is 5.57. The Morgan fingerprint density at radius 3 is 2.46 bits per heavy atom. The van der Waals surface area contributed by atoms with Crippen molar-refractivity contribution in [2.45, 2.75) is 12.2 Å². The van der Waals surface area contributed by atoms with Crippen LogP contribution in [0.25, 0.3) is 0 Å². The van der Waals surface area contributed by atoms with Gasteiger partial charge in [0.15, 0.2) is 5.76 Å². The second kappa shape index (κ2) is 5.30. The van der Waals surface area contributed by atoms with Crippen LogP contribution >= 0.6 is 0 Å². The van der Waals surface area contributed by atoms with E-state index >= 15 is 0 Å². The van der Waals surface area contributed by atoms with E-state index in [1.54, 1.807) is 0 Å². The van der Waals surface area contributed by atoms with Gasteiger partial charge in [-0.15, -0.1) is 0 Å². The van der Waals surface area contributed by atoms with E-state index in [0.717, 1.165) is 0 Å². The molecule has 1 aliphatic rings. The molecule has 2 atom stereocenters. The molecule has 0 fully saturated rings. The van der Waals surface area contributed by atoms with Crippen LogP contribution < -0.4 is 56.5 Å². The van der Waals surface area contributed by atoms with Crippen molar-refractivity contribution < 1.29 is 81.3 Å². The molecule has 0 bridgehead atoms. The Bertz CT molecular complexity index is 237. The summed E-state index contributed by atoms with van der Waals surface area (Å²) in [6.07, 6.45) is -2.95. The van der Waals surface area contributed by atoms with Crippen LogP contribution in [0.1, 0.15) is 0 Å². The summed E-state index contributed by atoms with van der Waals surface area (Å²) in [7, 11) is 0. The minimum Gasteiger partial charge on any atom is -0.870 e. The van der Waals surface area contributed by atoms with Gasteiger partial charge >= 0.3 is 57.4 Å². The van der Waals surface area contributed by atoms with Gasteiger partial charge in [0.2, 0.25) is 0 Å². The monoisotopic (exact) mass is 214 g/mol. The van der Waals surface area contributed by atoms with E-state index in [4.69, 9.17) is 15.3 Å². The molecule has 3 N–H and O–H groups in total. The van der Waals surface area contributed by atoms with E-state index in [2.05, 4.69) is 4.74 Å². The van der Waals surface area contributed by atoms with Crippen LogP contribution in [0.3, 0.4) is 0 Å². The van der Waals surface area contributed by atoms with Gasteiger partial charge in [0.05, 0.1) is 6.61 Å². The molecule has 1 aliphatic heterocycles. The fourth-order valence-corrected chi connectivity index (χ4v) is 0.809. The van der Waals surface area contributed by atoms with Crippen molar-refractivity contribution in [3.05, 3.63) is 11.5 Å². The summed E-state index contributed by atoms with van der Waals surface area (Å²) in [6, 6.07) is 0. The normalized spacial score (nSPS) is 23.8. The zero-order chi connectivity index (χ0) is 9.30. The first-order valence-corrected chi connectivity index (χ1v) is 3.18. The number of carbonyl (C=O) groups is 1. The predicted octanol–water partition coefficient (Wildman–Crippen LogP) is -5.60. The van der Waals surface area contributed by atoms with E-state index in [1.807, 2.05) is 0 Å². The number of hydrogen-bond donors (Lipinski definition) is 3. The molecular formula is C6H7KO6. The van der Waals surface area contributed by atoms with Crippen molar-refractivity contribution in [3.63, 3.8) is 0 Å². The Morgan fingerprint density at radius 2 is 2.15 bits per heavy atom. The largest absolute Gasteiger partial charge is 1.00 e. The summed E-state index contributed by atoms with van der Waals surface area (Å²) in [4.78, 5) is 10.5. The second-order valence-electron chi connectivity index (χ2n) is 2.29. The summed E-state index contributed by atoms with van der Waals surface area (Å²) in [5.74, 6) is -3.20. The molecule has 1 rings (SSSR count). The molecule has 0 unspecified atom stereocenters. The summed E-state index contributed by atoms with van der Waals surface area (Å²) in [5.41, 5.74) is 0. The van der Waals surface area contributed by atoms with Gasteiger partial charge in [-0.25, -0.2) is 4.79 Å². The summed E-state index contributed by atoms with van der Waals surface area (Å²) >= 11 is 0. The van der Waals surface area contributed by atoms with Crippen molar-refractivity contribution >= 4 is 5.97 Å². The molecule has 1 heterocycles. The number of esters is 1. The van der Waals surface area contributed by atoms with Crippen LogP contribution in [-0.4, -0.2) is 40.1 Å². The molecule has 0 aromatic rings. The maximum atomic E-state index is 10.8. The third-order valence-electron chi connectivity index (χ3n) is 1.46. The summed E-state index contributed by atoms with van der Waals surface area (Å²) in [5, 5.41) is 36.8. The van der Waals surface area contributed by atoms with Crippen LogP contribution in [-0.2, 0) is 9.53 Å². The Kier molecular flexibility index (Phi) is 5.45. The summed E-state index contributed by atoms with van der Waals surface area (Å²) in [6.45, 7) is -0.711. The molecular weight excluding hydrogens is 207 g/mol. The minimum atomic E-state index is -1.48. The molecule has 6 nitrogen and oxygen atoms in total. The smallest absolute Gasteiger partial charge is 0.870 e. The average Bonchev–Trinajstić information content (AvgIpc) is 2.32. The van der Waals surface area contributed by atoms with E-state index < -0.39 is 36.3 Å². The van der Waals surface area contributed by atoms with Crippen molar-refractivity contribution in [3.8, 4) is 0 Å². The molecule has 13 heavy (non-hydrogen) atoms. The quantitative estimate of drug-likeness (QED) is 0.312. The Hall–Kier alpha value is 0.366. The Morgan fingerprint density at radius 1 is 1.62 bits per heavy atom. The molecule has 0 aromatic carbocycles. The molecule has 0 saturated heterocycles. The zero-order valence-electron chi connectivity index (χ0n) is 6.93. The van der Waals surface area contributed by atoms with Gasteiger partial charge in [0.25, 0.3) is 0 Å². The predicted molar refractivity (Wildman–Crippen MR) is 32.6 cm³/mol. The minimum absolute atomic E-state index is 0. The standard InChI is InChI=1S/C6H8O6.K/c7-1-2(8)5-3(9)4(10)6(11)12-5;/h2,5,7-10H,1H2;/q;+1/p-1/t2-,5+;/m0./s1. The molecule has 68 valence electrons. The molecule has 7 heteroatoms. The van der Waals surface area contributed by atoms with Gasteiger partial charge in [-0.3, -0.25) is 0 Å². The van der Waals surface area contributed by atoms with Gasteiger partial charge in [-0.1, -0.05) is 0 Å². The molecule has 0 aromatic heterocycles. The van der Waals surface area contributed by atoms with Crippen LogP contribution in [0.2, 0.25) is 0 Å². The number of ether oxygens (including phenoxy) is 1. The Labute approximate surface area is 116 Å². The zero-order valence-corrected chi connectivity index (χ0v) is 10.1. The Balaban J connectivity index is 0.00000144. The number of carbonyl (C=O) groups excluding carboxylic acids is 1. The van der Waals surface area contributed by atoms with E-state index in [1.165, 1.54) is 0 Å². The van der Waals surface area contributed by atoms with Crippen LogP contribution in [0.15, 0.2) is 11.5 Å². The van der Waals surface area contributed by atoms with Crippen LogP contribution in [0.5, 0.6) is 0 Å². The van der Waals surface area contributed by atoms with E-state index in [0.29, 0.717) is 0 Å². The third kappa shape index (κ3) is 2.66. The van der Waals surface area contributed by atoms with E-state index in [-0.39, 0.29) is 51.4 Å². The first-order valence-electron chi connectivity index (χ1n) is 3.18. The van der Waals surface area contributed by atoms with Crippen molar-refractivity contribution in [1.29, 1.82) is 0 Å². The number of cyclic esters (lactones) is 1. The molecule has 0 spiro atoms. The first kappa shape index (κ1) is 13.4. The SMILES string of the molecule is O=C1O[C@H]([C@@H](O)CO)C([O-])=C1O.[K+]. The molecule has 0 aliphatic carbocycles. The maximum Gasteiger partial charge on any atom is 1.00 e. The average molecular weight is 214 g/mol. The van der Waals surface area contributed by atoms with Crippen molar-refractivity contribution in [2.75, 3.05) is 6.61 Å². The second-order valence-corrected chi connectivity index (χ2v) is 2.29. The van der Waals surface area contributed by atoms with Gasteiger partial charge < -0.3 is 25.2 Å². The van der Waals surface area contributed by atoms with Crippen LogP contribution in [0, 0.1) is 0 Å². The van der Waals surface area contributed by atoms with Gasteiger partial charge in [0, 0.05) is 0 Å². The van der Waals surface area contributed by atoms with Gasteiger partial charge in [-0.05, 0) is 5.76 Å². The van der Waals surface area contributed by atoms with Crippen molar-refractivity contribution in [2.24, 2.45) is 0 Å². The van der Waals surface area contributed by atoms with Crippen molar-refractivity contribution in [1.82, 2.24) is 0 Å². The fourth-order valence-electron chi connectivity index (χ4n) is 0.809. The molecule has 0 saturated carbocycles. The van der Waals surface area contributed by atoms with Crippen LogP contribution in [0.4, 0.5) is 0 Å².